The number of carbonyl (C=O) groups is 1. The summed E-state index contributed by atoms with van der Waals surface area (Å²) in [6, 6.07) is 9.55. The molecule has 2 heterocycles. The van der Waals surface area contributed by atoms with Crippen molar-refractivity contribution in [3.05, 3.63) is 42.7 Å². The Labute approximate surface area is 123 Å². The van der Waals surface area contributed by atoms with E-state index in [0.29, 0.717) is 6.54 Å². The maximum atomic E-state index is 12.0. The quantitative estimate of drug-likeness (QED) is 0.869. The number of hydrogen-bond acceptors (Lipinski definition) is 4. The lowest BCUT2D eigenvalue weighted by Crippen LogP contribution is -2.46. The van der Waals surface area contributed by atoms with Crippen molar-refractivity contribution in [2.45, 2.75) is 0 Å². The van der Waals surface area contributed by atoms with Gasteiger partial charge in [0.25, 0.3) is 0 Å². The molecule has 1 aromatic heterocycles. The van der Waals surface area contributed by atoms with Gasteiger partial charge in [-0.15, -0.1) is 0 Å². The number of anilines is 1. The van der Waals surface area contributed by atoms with Gasteiger partial charge in [-0.25, -0.2) is 4.68 Å². The van der Waals surface area contributed by atoms with Crippen molar-refractivity contribution >= 4 is 11.6 Å². The lowest BCUT2D eigenvalue weighted by Gasteiger charge is -2.26. The van der Waals surface area contributed by atoms with Gasteiger partial charge in [0.05, 0.1) is 12.2 Å². The molecular formula is C15H19N5O. The van der Waals surface area contributed by atoms with Gasteiger partial charge < -0.3 is 10.6 Å². The summed E-state index contributed by atoms with van der Waals surface area (Å²) in [6.07, 6.45) is 3.63. The van der Waals surface area contributed by atoms with Crippen LogP contribution in [0.15, 0.2) is 42.7 Å². The predicted molar refractivity (Wildman–Crippen MR) is 81.5 cm³/mol. The summed E-state index contributed by atoms with van der Waals surface area (Å²) >= 11 is 0. The Kier molecular flexibility index (Phi) is 4.28. The van der Waals surface area contributed by atoms with E-state index < -0.39 is 0 Å². The summed E-state index contributed by atoms with van der Waals surface area (Å²) in [5.74, 6) is 0.0312. The fourth-order valence-electron chi connectivity index (χ4n) is 2.39. The Hall–Kier alpha value is -2.18. The minimum Gasteiger partial charge on any atom is -0.325 e. The Morgan fingerprint density at radius 1 is 1.24 bits per heavy atom. The maximum Gasteiger partial charge on any atom is 0.238 e. The summed E-state index contributed by atoms with van der Waals surface area (Å²) in [5.41, 5.74) is 1.78. The van der Waals surface area contributed by atoms with E-state index in [1.165, 1.54) is 0 Å². The SMILES string of the molecule is O=C(CN1CCNCC1)Nc1ccc(-n2cccn2)cc1. The largest absolute Gasteiger partial charge is 0.325 e. The topological polar surface area (TPSA) is 62.2 Å². The second-order valence-corrected chi connectivity index (χ2v) is 5.07. The van der Waals surface area contributed by atoms with E-state index >= 15 is 0 Å². The molecule has 6 heteroatoms. The molecule has 6 nitrogen and oxygen atoms in total. The van der Waals surface area contributed by atoms with Crippen LogP contribution in [-0.2, 0) is 4.79 Å². The highest BCUT2D eigenvalue weighted by atomic mass is 16.2. The van der Waals surface area contributed by atoms with Gasteiger partial charge in [-0.3, -0.25) is 9.69 Å². The van der Waals surface area contributed by atoms with Crippen molar-refractivity contribution in [2.75, 3.05) is 38.0 Å². The minimum absolute atomic E-state index is 0.0312. The summed E-state index contributed by atoms with van der Waals surface area (Å²) in [4.78, 5) is 14.2. The zero-order valence-electron chi connectivity index (χ0n) is 11.8. The molecule has 1 fully saturated rings. The van der Waals surface area contributed by atoms with Gasteiger partial charge in [0.1, 0.15) is 0 Å². The van der Waals surface area contributed by atoms with Crippen molar-refractivity contribution in [1.82, 2.24) is 20.0 Å². The predicted octanol–water partition coefficient (Wildman–Crippen LogP) is 0.716. The number of piperazine rings is 1. The Morgan fingerprint density at radius 2 is 2.00 bits per heavy atom. The fraction of sp³-hybridized carbons (Fsp3) is 0.333. The fourth-order valence-corrected chi connectivity index (χ4v) is 2.39. The van der Waals surface area contributed by atoms with Crippen LogP contribution >= 0.6 is 0 Å². The van der Waals surface area contributed by atoms with Gasteiger partial charge in [-0.1, -0.05) is 0 Å². The molecule has 0 spiro atoms. The van der Waals surface area contributed by atoms with Crippen LogP contribution < -0.4 is 10.6 Å². The maximum absolute atomic E-state index is 12.0. The molecule has 1 aromatic carbocycles. The number of nitrogens with zero attached hydrogens (tertiary/aromatic N) is 3. The van der Waals surface area contributed by atoms with Crippen molar-refractivity contribution in [1.29, 1.82) is 0 Å². The molecule has 0 saturated carbocycles. The van der Waals surface area contributed by atoms with E-state index in [1.54, 1.807) is 10.9 Å². The monoisotopic (exact) mass is 285 g/mol. The number of benzene rings is 1. The van der Waals surface area contributed by atoms with Gasteiger partial charge in [0, 0.05) is 44.3 Å². The third kappa shape index (κ3) is 3.68. The first-order chi connectivity index (χ1) is 10.3. The molecule has 2 N–H and O–H groups in total. The van der Waals surface area contributed by atoms with Crippen LogP contribution in [0.1, 0.15) is 0 Å². The molecular weight excluding hydrogens is 266 g/mol. The molecule has 1 saturated heterocycles. The molecule has 1 aliphatic rings. The highest BCUT2D eigenvalue weighted by Gasteiger charge is 2.13. The van der Waals surface area contributed by atoms with Crippen LogP contribution in [0.2, 0.25) is 0 Å². The normalized spacial score (nSPS) is 15.8. The van der Waals surface area contributed by atoms with Crippen LogP contribution in [0.5, 0.6) is 0 Å². The molecule has 0 atom stereocenters. The Balaban J connectivity index is 1.56. The van der Waals surface area contributed by atoms with Gasteiger partial charge in [0.2, 0.25) is 5.91 Å². The molecule has 0 unspecified atom stereocenters. The number of aromatic nitrogens is 2. The van der Waals surface area contributed by atoms with E-state index in [4.69, 9.17) is 0 Å². The van der Waals surface area contributed by atoms with Gasteiger partial charge in [-0.05, 0) is 30.3 Å². The average molecular weight is 285 g/mol. The van der Waals surface area contributed by atoms with E-state index in [-0.39, 0.29) is 5.91 Å². The summed E-state index contributed by atoms with van der Waals surface area (Å²) in [5, 5.41) is 10.4. The number of carbonyl (C=O) groups excluding carboxylic acids is 1. The second kappa shape index (κ2) is 6.51. The summed E-state index contributed by atoms with van der Waals surface area (Å²) in [7, 11) is 0. The highest BCUT2D eigenvalue weighted by molar-refractivity contribution is 5.92. The lowest BCUT2D eigenvalue weighted by molar-refractivity contribution is -0.117. The molecule has 3 rings (SSSR count). The first-order valence-corrected chi connectivity index (χ1v) is 7.14. The van der Waals surface area contributed by atoms with E-state index in [1.807, 2.05) is 36.5 Å². The summed E-state index contributed by atoms with van der Waals surface area (Å²) in [6.45, 7) is 4.19. The van der Waals surface area contributed by atoms with Gasteiger partial charge in [-0.2, -0.15) is 5.10 Å². The molecule has 1 amide bonds. The lowest BCUT2D eigenvalue weighted by atomic mass is 10.2. The molecule has 1 aliphatic heterocycles. The van der Waals surface area contributed by atoms with Crippen LogP contribution in [0, 0.1) is 0 Å². The third-order valence-corrected chi connectivity index (χ3v) is 3.50. The second-order valence-electron chi connectivity index (χ2n) is 5.07. The van der Waals surface area contributed by atoms with Crippen molar-refractivity contribution < 1.29 is 4.79 Å². The molecule has 0 aliphatic carbocycles. The first-order valence-electron chi connectivity index (χ1n) is 7.14. The van der Waals surface area contributed by atoms with E-state index in [0.717, 1.165) is 37.6 Å². The molecule has 2 aromatic rings. The zero-order chi connectivity index (χ0) is 14.5. The number of rotatable bonds is 4. The minimum atomic E-state index is 0.0312. The first kappa shape index (κ1) is 13.8. The van der Waals surface area contributed by atoms with Gasteiger partial charge >= 0.3 is 0 Å². The highest BCUT2D eigenvalue weighted by Crippen LogP contribution is 2.12. The number of hydrogen-bond donors (Lipinski definition) is 2. The molecule has 0 radical (unpaired) electrons. The van der Waals surface area contributed by atoms with Crippen molar-refractivity contribution in [3.63, 3.8) is 0 Å². The van der Waals surface area contributed by atoms with Crippen molar-refractivity contribution in [2.24, 2.45) is 0 Å². The van der Waals surface area contributed by atoms with Crippen LogP contribution in [0.25, 0.3) is 5.69 Å². The summed E-state index contributed by atoms with van der Waals surface area (Å²) < 4.78 is 1.78. The van der Waals surface area contributed by atoms with E-state index in [2.05, 4.69) is 20.6 Å². The van der Waals surface area contributed by atoms with Crippen molar-refractivity contribution in [3.8, 4) is 5.69 Å². The van der Waals surface area contributed by atoms with Crippen LogP contribution in [0.3, 0.4) is 0 Å². The zero-order valence-corrected chi connectivity index (χ0v) is 11.8. The molecule has 21 heavy (non-hydrogen) atoms. The molecule has 110 valence electrons. The number of amides is 1. The van der Waals surface area contributed by atoms with Crippen LogP contribution in [0.4, 0.5) is 5.69 Å². The Morgan fingerprint density at radius 3 is 2.67 bits per heavy atom. The van der Waals surface area contributed by atoms with Crippen LogP contribution in [-0.4, -0.2) is 53.3 Å². The number of nitrogens with one attached hydrogen (secondary N) is 2. The third-order valence-electron chi connectivity index (χ3n) is 3.50. The molecule has 0 bridgehead atoms. The Bertz CT molecular complexity index is 573. The van der Waals surface area contributed by atoms with E-state index in [9.17, 15) is 4.79 Å². The van der Waals surface area contributed by atoms with Gasteiger partial charge in [0.15, 0.2) is 0 Å². The smallest absolute Gasteiger partial charge is 0.238 e. The standard InChI is InChI=1S/C15H19N5O/c21-15(12-19-10-7-16-8-11-19)18-13-2-4-14(5-3-13)20-9-1-6-17-20/h1-6,9,16H,7-8,10-12H2,(H,18,21). The average Bonchev–Trinajstić information content (AvgIpc) is 3.03.